The minimum absolute atomic E-state index is 0.467. The van der Waals surface area contributed by atoms with Crippen molar-refractivity contribution in [3.8, 4) is 0 Å². The first kappa shape index (κ1) is 21.4. The Labute approximate surface area is 148 Å². The molecule has 0 radical (unpaired) electrons. The summed E-state index contributed by atoms with van der Waals surface area (Å²) in [4.78, 5) is 11.1. The molecule has 0 spiro atoms. The van der Waals surface area contributed by atoms with Gasteiger partial charge in [-0.15, -0.1) is 0 Å². The molecule has 2 rings (SSSR count). The minimum Gasteiger partial charge on any atom is -0.394 e. The Morgan fingerprint density at radius 3 is 2.12 bits per heavy atom. The van der Waals surface area contributed by atoms with Gasteiger partial charge >= 0.3 is 0 Å². The van der Waals surface area contributed by atoms with Gasteiger partial charge in [-0.05, 0) is 0 Å². The van der Waals surface area contributed by atoms with Gasteiger partial charge in [0.05, 0.1) is 13.2 Å². The highest BCUT2D eigenvalue weighted by atomic mass is 16.7. The molecule has 12 heteroatoms. The fourth-order valence-electron chi connectivity index (χ4n) is 2.87. The van der Waals surface area contributed by atoms with Crippen molar-refractivity contribution < 1.29 is 54.8 Å². The molecule has 2 fully saturated rings. The first-order valence-corrected chi connectivity index (χ1v) is 8.06. The maximum absolute atomic E-state index is 11.1. The van der Waals surface area contributed by atoms with E-state index in [-0.39, 0.29) is 0 Å². The number of ether oxygens (including phenoxy) is 3. The summed E-state index contributed by atoms with van der Waals surface area (Å²) < 4.78 is 15.5. The van der Waals surface area contributed by atoms with Gasteiger partial charge in [-0.2, -0.15) is 0 Å². The smallest absolute Gasteiger partial charge is 0.217 e. The normalized spacial score (nSPS) is 46.8. The third-order valence-corrected chi connectivity index (χ3v) is 4.36. The molecule has 0 aromatic heterocycles. The molecule has 8 N–H and O–H groups in total. The van der Waals surface area contributed by atoms with Gasteiger partial charge in [0, 0.05) is 6.92 Å². The average Bonchev–Trinajstić information content (AvgIpc) is 2.59. The van der Waals surface area contributed by atoms with Crippen LogP contribution in [0.25, 0.3) is 0 Å². The largest absolute Gasteiger partial charge is 0.394 e. The molecule has 12 nitrogen and oxygen atoms in total. The molecule has 0 aromatic rings. The van der Waals surface area contributed by atoms with E-state index in [1.54, 1.807) is 0 Å². The summed E-state index contributed by atoms with van der Waals surface area (Å²) in [5.41, 5.74) is 0. The Hall–Kier alpha value is -0.930. The molecular weight excluding hydrogens is 358 g/mol. The van der Waals surface area contributed by atoms with Crippen LogP contribution in [0.3, 0.4) is 0 Å². The molecule has 1 amide bonds. The van der Waals surface area contributed by atoms with E-state index in [1.807, 2.05) is 0 Å². The SMILES string of the molecule is CC(=O)N[C@H]1C(O)O[C@H](CO[C@H]2O[C@@H](CO)[C@@H](O)[C@@H](O)[C@@H]2O)[C@H](O)[C@@H]1O. The van der Waals surface area contributed by atoms with Gasteiger partial charge in [-0.1, -0.05) is 0 Å². The Morgan fingerprint density at radius 2 is 1.54 bits per heavy atom. The number of carbonyl (C=O) groups excluding carboxylic acids is 1. The van der Waals surface area contributed by atoms with Crippen LogP contribution in [-0.2, 0) is 19.0 Å². The number of amides is 1. The third kappa shape index (κ3) is 4.48. The van der Waals surface area contributed by atoms with Crippen LogP contribution >= 0.6 is 0 Å². The maximum atomic E-state index is 11.1. The number of nitrogens with one attached hydrogen (secondary N) is 1. The number of aliphatic hydroxyl groups is 7. The lowest BCUT2D eigenvalue weighted by molar-refractivity contribution is -0.318. The van der Waals surface area contributed by atoms with Crippen LogP contribution in [0.15, 0.2) is 0 Å². The molecule has 0 aliphatic carbocycles. The monoisotopic (exact) mass is 383 g/mol. The van der Waals surface area contributed by atoms with Crippen molar-refractivity contribution in [3.05, 3.63) is 0 Å². The Balaban J connectivity index is 1.95. The standard InChI is InChI=1S/C14H25NO11/c1-4(17)15-7-10(20)9(19)6(25-13(7)23)3-24-14-12(22)11(21)8(18)5(2-16)26-14/h5-14,16,18-23H,2-3H2,1H3,(H,15,17)/t5-,6+,7+,8+,9-,10+,11+,12-,13?,14-/m0/s1. The molecule has 0 bridgehead atoms. The fraction of sp³-hybridized carbons (Fsp3) is 0.929. The van der Waals surface area contributed by atoms with Crippen molar-refractivity contribution in [2.45, 2.75) is 68.3 Å². The van der Waals surface area contributed by atoms with E-state index in [2.05, 4.69) is 5.32 Å². The van der Waals surface area contributed by atoms with Gasteiger partial charge < -0.3 is 55.3 Å². The Morgan fingerprint density at radius 1 is 0.923 bits per heavy atom. The van der Waals surface area contributed by atoms with E-state index in [0.717, 1.165) is 0 Å². The molecule has 152 valence electrons. The van der Waals surface area contributed by atoms with Crippen molar-refractivity contribution in [1.29, 1.82) is 0 Å². The fourth-order valence-corrected chi connectivity index (χ4v) is 2.87. The molecule has 0 saturated carbocycles. The molecule has 1 unspecified atom stereocenters. The number of hydrogen-bond donors (Lipinski definition) is 8. The van der Waals surface area contributed by atoms with Crippen LogP contribution in [0.5, 0.6) is 0 Å². The quantitative estimate of drug-likeness (QED) is 0.226. The highest BCUT2D eigenvalue weighted by Gasteiger charge is 2.47. The zero-order chi connectivity index (χ0) is 19.6. The summed E-state index contributed by atoms with van der Waals surface area (Å²) in [6.07, 6.45) is -13.4. The Bertz CT molecular complexity index is 478. The summed E-state index contributed by atoms with van der Waals surface area (Å²) in [6, 6.07) is -1.24. The van der Waals surface area contributed by atoms with Gasteiger partial charge in [-0.3, -0.25) is 4.79 Å². The minimum atomic E-state index is -1.64. The van der Waals surface area contributed by atoms with E-state index in [1.165, 1.54) is 6.92 Å². The van der Waals surface area contributed by atoms with Gasteiger partial charge in [0.15, 0.2) is 12.6 Å². The second-order valence-corrected chi connectivity index (χ2v) is 6.30. The summed E-state index contributed by atoms with van der Waals surface area (Å²) in [5, 5.41) is 70.6. The Kier molecular flexibility index (Phi) is 7.27. The number of hydrogen-bond acceptors (Lipinski definition) is 11. The van der Waals surface area contributed by atoms with Gasteiger partial charge in [0.2, 0.25) is 5.91 Å². The number of carbonyl (C=O) groups is 1. The first-order chi connectivity index (χ1) is 12.2. The van der Waals surface area contributed by atoms with Crippen molar-refractivity contribution in [2.75, 3.05) is 13.2 Å². The lowest BCUT2D eigenvalue weighted by atomic mass is 9.97. The first-order valence-electron chi connectivity index (χ1n) is 8.06. The van der Waals surface area contributed by atoms with Gasteiger partial charge in [0.1, 0.15) is 48.8 Å². The van der Waals surface area contributed by atoms with Crippen molar-refractivity contribution >= 4 is 5.91 Å². The molecular formula is C14H25NO11. The lowest BCUT2D eigenvalue weighted by Gasteiger charge is -2.42. The second kappa shape index (κ2) is 8.84. The third-order valence-electron chi connectivity index (χ3n) is 4.36. The summed E-state index contributed by atoms with van der Waals surface area (Å²) >= 11 is 0. The summed E-state index contributed by atoms with van der Waals surface area (Å²) in [7, 11) is 0. The van der Waals surface area contributed by atoms with Crippen molar-refractivity contribution in [2.24, 2.45) is 0 Å². The predicted molar refractivity (Wildman–Crippen MR) is 80.2 cm³/mol. The van der Waals surface area contributed by atoms with Crippen molar-refractivity contribution in [1.82, 2.24) is 5.32 Å². The zero-order valence-electron chi connectivity index (χ0n) is 14.0. The second-order valence-electron chi connectivity index (χ2n) is 6.30. The molecule has 2 heterocycles. The topological polar surface area (TPSA) is 198 Å². The predicted octanol–water partition coefficient (Wildman–Crippen LogP) is -5.25. The van der Waals surface area contributed by atoms with Crippen LogP contribution in [0.4, 0.5) is 0 Å². The molecule has 2 aliphatic rings. The van der Waals surface area contributed by atoms with Crippen LogP contribution < -0.4 is 5.32 Å². The lowest BCUT2D eigenvalue weighted by Crippen LogP contribution is -2.64. The van der Waals surface area contributed by atoms with Crippen LogP contribution in [-0.4, -0.2) is 116 Å². The van der Waals surface area contributed by atoms with Gasteiger partial charge in [-0.25, -0.2) is 0 Å². The molecule has 10 atom stereocenters. The number of rotatable bonds is 5. The van der Waals surface area contributed by atoms with E-state index in [9.17, 15) is 35.4 Å². The zero-order valence-corrected chi connectivity index (χ0v) is 14.0. The molecule has 26 heavy (non-hydrogen) atoms. The summed E-state index contributed by atoms with van der Waals surface area (Å²) in [6.45, 7) is 0.0636. The van der Waals surface area contributed by atoms with E-state index < -0.39 is 80.5 Å². The van der Waals surface area contributed by atoms with Crippen LogP contribution in [0, 0.1) is 0 Å². The molecule has 0 aromatic carbocycles. The molecule has 2 aliphatic heterocycles. The van der Waals surface area contributed by atoms with Crippen molar-refractivity contribution in [3.63, 3.8) is 0 Å². The number of aliphatic hydroxyl groups excluding tert-OH is 7. The van der Waals surface area contributed by atoms with Crippen LogP contribution in [0.2, 0.25) is 0 Å². The highest BCUT2D eigenvalue weighted by molar-refractivity contribution is 5.73. The molecule has 2 saturated heterocycles. The summed E-state index contributed by atoms with van der Waals surface area (Å²) in [5.74, 6) is -0.542. The van der Waals surface area contributed by atoms with E-state index in [4.69, 9.17) is 19.3 Å². The van der Waals surface area contributed by atoms with Crippen LogP contribution in [0.1, 0.15) is 6.92 Å². The average molecular weight is 383 g/mol. The highest BCUT2D eigenvalue weighted by Crippen LogP contribution is 2.24. The van der Waals surface area contributed by atoms with E-state index >= 15 is 0 Å². The van der Waals surface area contributed by atoms with Gasteiger partial charge in [0.25, 0.3) is 0 Å². The maximum Gasteiger partial charge on any atom is 0.217 e. The van der Waals surface area contributed by atoms with E-state index in [0.29, 0.717) is 0 Å².